The van der Waals surface area contributed by atoms with Gasteiger partial charge in [0.15, 0.2) is 0 Å². The van der Waals surface area contributed by atoms with Crippen LogP contribution in [-0.4, -0.2) is 41.0 Å². The van der Waals surface area contributed by atoms with Crippen molar-refractivity contribution in [3.05, 3.63) is 75.6 Å². The number of rotatable bonds is 8. The average molecular weight is 452 g/mol. The summed E-state index contributed by atoms with van der Waals surface area (Å²) in [6, 6.07) is 11.0. The number of carbonyl (C=O) groups excluding carboxylic acids is 2. The Morgan fingerprint density at radius 3 is 2.12 bits per heavy atom. The number of hydrogen-bond donors (Lipinski definition) is 1. The molecule has 0 aliphatic heterocycles. The third-order valence-corrected chi connectivity index (χ3v) is 4.56. The van der Waals surface area contributed by atoms with Crippen LogP contribution in [0.25, 0.3) is 0 Å². The van der Waals surface area contributed by atoms with E-state index >= 15 is 0 Å². The lowest BCUT2D eigenvalue weighted by Gasteiger charge is -2.11. The first-order chi connectivity index (χ1) is 15.9. The third-order valence-electron chi connectivity index (χ3n) is 4.56. The van der Waals surface area contributed by atoms with Crippen LogP contribution in [-0.2, 0) is 15.9 Å². The number of nitro groups is 1. The van der Waals surface area contributed by atoms with Crippen molar-refractivity contribution in [3.63, 3.8) is 0 Å². The third kappa shape index (κ3) is 5.39. The van der Waals surface area contributed by atoms with Gasteiger partial charge in [-0.1, -0.05) is 19.1 Å². The summed E-state index contributed by atoms with van der Waals surface area (Å²) in [4.78, 5) is 43.0. The van der Waals surface area contributed by atoms with Crippen molar-refractivity contribution < 1.29 is 28.7 Å². The number of nitrogens with one attached hydrogen (secondary N) is 1. The monoisotopic (exact) mass is 452 g/mol. The maximum absolute atomic E-state index is 12.0. The molecule has 0 amide bonds. The van der Waals surface area contributed by atoms with Gasteiger partial charge in [0, 0.05) is 5.69 Å². The number of hydrogen-bond acceptors (Lipinski definition) is 10. The molecule has 0 atom stereocenters. The molecule has 2 aromatic carbocycles. The first-order valence-electron chi connectivity index (χ1n) is 9.71. The highest BCUT2D eigenvalue weighted by molar-refractivity contribution is 5.97. The molecule has 0 spiro atoms. The number of esters is 2. The van der Waals surface area contributed by atoms with Crippen LogP contribution >= 0.6 is 0 Å². The van der Waals surface area contributed by atoms with Gasteiger partial charge in [0.2, 0.25) is 5.82 Å². The van der Waals surface area contributed by atoms with E-state index in [1.54, 1.807) is 12.1 Å². The summed E-state index contributed by atoms with van der Waals surface area (Å²) in [6.45, 7) is 2.00. The maximum atomic E-state index is 12.0. The lowest BCUT2D eigenvalue weighted by atomic mass is 10.1. The van der Waals surface area contributed by atoms with Gasteiger partial charge in [-0.2, -0.15) is 4.98 Å². The fraction of sp³-hybridized carbons (Fsp3) is 0.182. The first-order valence-corrected chi connectivity index (χ1v) is 9.71. The Labute approximate surface area is 188 Å². The molecule has 11 heteroatoms. The molecule has 0 aliphatic rings. The number of aromatic nitrogens is 2. The zero-order valence-electron chi connectivity index (χ0n) is 18.0. The molecular weight excluding hydrogens is 432 g/mol. The number of nitrogens with zero attached hydrogens (tertiary/aromatic N) is 3. The fourth-order valence-corrected chi connectivity index (χ4v) is 2.91. The number of benzene rings is 2. The van der Waals surface area contributed by atoms with E-state index in [0.29, 0.717) is 5.75 Å². The van der Waals surface area contributed by atoms with Gasteiger partial charge >= 0.3 is 23.5 Å². The Morgan fingerprint density at radius 1 is 1.00 bits per heavy atom. The number of carbonyl (C=O) groups is 2. The SMILES string of the molecule is CCc1ccc(Oc2ncnc(Nc3cc(C(=O)OC)cc(C(=O)OC)c3)c2[N+](=O)[O-])cc1. The summed E-state index contributed by atoms with van der Waals surface area (Å²) in [7, 11) is 2.37. The van der Waals surface area contributed by atoms with E-state index in [1.165, 1.54) is 32.4 Å². The normalized spacial score (nSPS) is 10.3. The standard InChI is InChI=1S/C22H20N4O7/c1-4-13-5-7-17(8-6-13)33-20-18(26(29)30)19(23-12-24-20)25-16-10-14(21(27)31-2)9-15(11-16)22(28)32-3/h5-12H,4H2,1-3H3,(H,23,24,25). The van der Waals surface area contributed by atoms with Gasteiger partial charge in [-0.3, -0.25) is 10.1 Å². The molecule has 11 nitrogen and oxygen atoms in total. The van der Waals surface area contributed by atoms with Gasteiger partial charge < -0.3 is 19.5 Å². The summed E-state index contributed by atoms with van der Waals surface area (Å²) in [5.41, 5.74) is 0.784. The van der Waals surface area contributed by atoms with E-state index in [9.17, 15) is 19.7 Å². The molecule has 0 saturated heterocycles. The van der Waals surface area contributed by atoms with Crippen LogP contribution in [0.4, 0.5) is 17.2 Å². The van der Waals surface area contributed by atoms with Gasteiger partial charge in [-0.05, 0) is 42.3 Å². The fourth-order valence-electron chi connectivity index (χ4n) is 2.91. The quantitative estimate of drug-likeness (QED) is 0.302. The van der Waals surface area contributed by atoms with Crippen molar-refractivity contribution in [3.8, 4) is 11.6 Å². The summed E-state index contributed by atoms with van der Waals surface area (Å²) in [6.07, 6.45) is 1.93. The molecule has 0 aliphatic carbocycles. The lowest BCUT2D eigenvalue weighted by Crippen LogP contribution is -2.09. The van der Waals surface area contributed by atoms with Crippen LogP contribution < -0.4 is 10.1 Å². The summed E-state index contributed by atoms with van der Waals surface area (Å²) >= 11 is 0. The summed E-state index contributed by atoms with van der Waals surface area (Å²) in [5.74, 6) is -1.53. The smallest absolute Gasteiger partial charge is 0.373 e. The van der Waals surface area contributed by atoms with Gasteiger partial charge in [-0.25, -0.2) is 14.6 Å². The van der Waals surface area contributed by atoms with Crippen LogP contribution in [0.5, 0.6) is 11.6 Å². The molecule has 3 rings (SSSR count). The van der Waals surface area contributed by atoms with Gasteiger partial charge in [0.1, 0.15) is 12.1 Å². The highest BCUT2D eigenvalue weighted by Crippen LogP contribution is 2.35. The van der Waals surface area contributed by atoms with Crippen molar-refractivity contribution in [1.29, 1.82) is 0 Å². The van der Waals surface area contributed by atoms with Crippen LogP contribution in [0.1, 0.15) is 33.2 Å². The average Bonchev–Trinajstić information content (AvgIpc) is 2.83. The first kappa shape index (κ1) is 23.1. The van der Waals surface area contributed by atoms with E-state index in [0.717, 1.165) is 18.3 Å². The van der Waals surface area contributed by atoms with Gasteiger partial charge in [-0.15, -0.1) is 0 Å². The van der Waals surface area contributed by atoms with E-state index in [1.807, 2.05) is 19.1 Å². The van der Waals surface area contributed by atoms with Crippen LogP contribution in [0.3, 0.4) is 0 Å². The second kappa shape index (κ2) is 10.2. The second-order valence-corrected chi connectivity index (χ2v) is 6.64. The summed E-state index contributed by atoms with van der Waals surface area (Å²) in [5, 5.41) is 14.6. The topological polar surface area (TPSA) is 143 Å². The highest BCUT2D eigenvalue weighted by Gasteiger charge is 2.26. The lowest BCUT2D eigenvalue weighted by molar-refractivity contribution is -0.385. The van der Waals surface area contributed by atoms with E-state index in [-0.39, 0.29) is 28.5 Å². The minimum atomic E-state index is -0.708. The van der Waals surface area contributed by atoms with E-state index < -0.39 is 22.5 Å². The molecule has 1 N–H and O–H groups in total. The zero-order chi connectivity index (χ0) is 24.0. The van der Waals surface area contributed by atoms with Crippen LogP contribution in [0, 0.1) is 10.1 Å². The Hall–Kier alpha value is -4.54. The molecule has 1 heterocycles. The molecule has 0 unspecified atom stereocenters. The van der Waals surface area contributed by atoms with Crippen LogP contribution in [0.2, 0.25) is 0 Å². The minimum absolute atomic E-state index is 0.0343. The predicted octanol–water partition coefficient (Wildman–Crippen LogP) is 4.06. The van der Waals surface area contributed by atoms with Gasteiger partial charge in [0.05, 0.1) is 30.3 Å². The molecule has 3 aromatic rings. The van der Waals surface area contributed by atoms with Crippen molar-refractivity contribution >= 4 is 29.1 Å². The Bertz CT molecular complexity index is 1160. The van der Waals surface area contributed by atoms with E-state index in [4.69, 9.17) is 14.2 Å². The molecule has 0 radical (unpaired) electrons. The molecule has 1 aromatic heterocycles. The molecular formula is C22H20N4O7. The van der Waals surface area contributed by atoms with Crippen molar-refractivity contribution in [2.24, 2.45) is 0 Å². The Kier molecular flexibility index (Phi) is 7.13. The summed E-state index contributed by atoms with van der Waals surface area (Å²) < 4.78 is 15.0. The molecule has 170 valence electrons. The van der Waals surface area contributed by atoms with Crippen molar-refractivity contribution in [1.82, 2.24) is 9.97 Å². The van der Waals surface area contributed by atoms with Crippen LogP contribution in [0.15, 0.2) is 48.8 Å². The van der Waals surface area contributed by atoms with Crippen molar-refractivity contribution in [2.45, 2.75) is 13.3 Å². The number of ether oxygens (including phenoxy) is 3. The van der Waals surface area contributed by atoms with E-state index in [2.05, 4.69) is 15.3 Å². The Balaban J connectivity index is 2.01. The Morgan fingerprint density at radius 2 is 1.61 bits per heavy atom. The number of methoxy groups -OCH3 is 2. The highest BCUT2D eigenvalue weighted by atomic mass is 16.6. The number of anilines is 2. The predicted molar refractivity (Wildman–Crippen MR) is 117 cm³/mol. The van der Waals surface area contributed by atoms with Gasteiger partial charge in [0.25, 0.3) is 0 Å². The zero-order valence-corrected chi connectivity index (χ0v) is 18.0. The van der Waals surface area contributed by atoms with Crippen molar-refractivity contribution in [2.75, 3.05) is 19.5 Å². The molecule has 0 saturated carbocycles. The number of aryl methyl sites for hydroxylation is 1. The second-order valence-electron chi connectivity index (χ2n) is 6.64. The largest absolute Gasteiger partial charge is 0.465 e. The minimum Gasteiger partial charge on any atom is -0.465 e. The maximum Gasteiger partial charge on any atom is 0.373 e. The molecule has 0 fully saturated rings. The molecule has 33 heavy (non-hydrogen) atoms. The molecule has 0 bridgehead atoms.